The molecule has 0 heterocycles. The average molecular weight is 160 g/mol. The van der Waals surface area contributed by atoms with Crippen LogP contribution < -0.4 is 0 Å². The van der Waals surface area contributed by atoms with Crippen molar-refractivity contribution in [1.29, 1.82) is 0 Å². The van der Waals surface area contributed by atoms with Crippen LogP contribution in [0.25, 0.3) is 0 Å². The quantitative estimate of drug-likeness (QED) is 0.252. The van der Waals surface area contributed by atoms with Crippen LogP contribution in [0.3, 0.4) is 0 Å². The molecule has 0 saturated heterocycles. The van der Waals surface area contributed by atoms with E-state index in [0.29, 0.717) is 13.2 Å². The van der Waals surface area contributed by atoms with Gasteiger partial charge in [-0.05, 0) is 6.58 Å². The highest BCUT2D eigenvalue weighted by Crippen LogP contribution is 1.94. The minimum Gasteiger partial charge on any atom is -0.485 e. The summed E-state index contributed by atoms with van der Waals surface area (Å²) in [5.41, 5.74) is 0. The van der Waals surface area contributed by atoms with Crippen LogP contribution in [-0.4, -0.2) is 33.4 Å². The maximum absolute atomic E-state index is 10.6. The smallest absolute Gasteiger partial charge is 0.372 e. The minimum absolute atomic E-state index is 0.00421. The Kier molecular flexibility index (Phi) is 5.20. The average Bonchev–Trinajstić information content (AvgIpc) is 2.03. The first-order chi connectivity index (χ1) is 5.22. The van der Waals surface area contributed by atoms with Gasteiger partial charge in [0.05, 0.1) is 13.7 Å². The lowest BCUT2D eigenvalue weighted by atomic mass is 10.6. The van der Waals surface area contributed by atoms with Gasteiger partial charge in [-0.15, -0.1) is 0 Å². The molecule has 0 aromatic rings. The zero-order valence-electron chi connectivity index (χ0n) is 6.75. The zero-order chi connectivity index (χ0) is 8.69. The number of hydrogen-bond acceptors (Lipinski definition) is 4. The molecular formula is C7H12O4. The second-order valence-corrected chi connectivity index (χ2v) is 1.76. The van der Waals surface area contributed by atoms with E-state index in [-0.39, 0.29) is 5.76 Å². The van der Waals surface area contributed by atoms with Crippen molar-refractivity contribution in [2.24, 2.45) is 0 Å². The maximum Gasteiger partial charge on any atom is 0.372 e. The van der Waals surface area contributed by atoms with Gasteiger partial charge in [-0.25, -0.2) is 4.79 Å². The highest BCUT2D eigenvalue weighted by molar-refractivity contribution is 5.85. The number of carbonyl (C=O) groups excluding carboxylic acids is 1. The van der Waals surface area contributed by atoms with E-state index in [1.54, 1.807) is 7.11 Å². The first-order valence-electron chi connectivity index (χ1n) is 3.11. The molecule has 0 aliphatic rings. The summed E-state index contributed by atoms with van der Waals surface area (Å²) in [6.45, 7) is 4.08. The van der Waals surface area contributed by atoms with E-state index in [4.69, 9.17) is 4.74 Å². The Balaban J connectivity index is 3.44. The van der Waals surface area contributed by atoms with Crippen LogP contribution in [0, 0.1) is 0 Å². The molecule has 0 aromatic heterocycles. The number of ether oxygens (including phenoxy) is 3. The Hall–Kier alpha value is -1.03. The van der Waals surface area contributed by atoms with Crippen molar-refractivity contribution in [3.05, 3.63) is 12.3 Å². The van der Waals surface area contributed by atoms with Crippen LogP contribution >= 0.6 is 0 Å². The third kappa shape index (κ3) is 4.38. The van der Waals surface area contributed by atoms with Crippen LogP contribution in [-0.2, 0) is 19.0 Å². The third-order valence-electron chi connectivity index (χ3n) is 0.977. The van der Waals surface area contributed by atoms with E-state index < -0.39 is 5.97 Å². The van der Waals surface area contributed by atoms with Gasteiger partial charge in [0.15, 0.2) is 5.76 Å². The van der Waals surface area contributed by atoms with Gasteiger partial charge in [-0.2, -0.15) is 0 Å². The van der Waals surface area contributed by atoms with Crippen LogP contribution in [0.15, 0.2) is 12.3 Å². The Morgan fingerprint density at radius 1 is 1.36 bits per heavy atom. The summed E-state index contributed by atoms with van der Waals surface area (Å²) < 4.78 is 13.9. The van der Waals surface area contributed by atoms with Crippen LogP contribution in [0.2, 0.25) is 0 Å². The molecule has 0 rings (SSSR count). The summed E-state index contributed by atoms with van der Waals surface area (Å²) in [6.07, 6.45) is 0. The Morgan fingerprint density at radius 3 is 2.45 bits per heavy atom. The van der Waals surface area contributed by atoms with Gasteiger partial charge >= 0.3 is 5.97 Å². The summed E-state index contributed by atoms with van der Waals surface area (Å²) in [7, 11) is 2.82. The van der Waals surface area contributed by atoms with Crippen molar-refractivity contribution in [1.82, 2.24) is 0 Å². The molecule has 4 heteroatoms. The van der Waals surface area contributed by atoms with E-state index in [2.05, 4.69) is 16.1 Å². The molecule has 0 saturated carbocycles. The fourth-order valence-electron chi connectivity index (χ4n) is 0.421. The standard InChI is InChI=1S/C7H12O4/c1-6(7(8)10-3)11-5-4-9-2/h1,4-5H2,2-3H3. The molecule has 0 atom stereocenters. The summed E-state index contributed by atoms with van der Waals surface area (Å²) >= 11 is 0. The Morgan fingerprint density at radius 2 is 2.00 bits per heavy atom. The Bertz CT molecular complexity index is 141. The largest absolute Gasteiger partial charge is 0.485 e. The molecule has 0 amide bonds. The van der Waals surface area contributed by atoms with E-state index in [1.807, 2.05) is 0 Å². The van der Waals surface area contributed by atoms with Crippen molar-refractivity contribution in [2.45, 2.75) is 0 Å². The fraction of sp³-hybridized carbons (Fsp3) is 0.571. The SMILES string of the molecule is C=C(OCCOC)C(=O)OC. The molecule has 64 valence electrons. The van der Waals surface area contributed by atoms with E-state index in [9.17, 15) is 4.79 Å². The van der Waals surface area contributed by atoms with Crippen molar-refractivity contribution in [3.8, 4) is 0 Å². The number of hydrogen-bond donors (Lipinski definition) is 0. The summed E-state index contributed by atoms with van der Waals surface area (Å²) in [6, 6.07) is 0. The van der Waals surface area contributed by atoms with E-state index >= 15 is 0 Å². The van der Waals surface area contributed by atoms with Gasteiger partial charge < -0.3 is 14.2 Å². The predicted molar refractivity (Wildman–Crippen MR) is 39.0 cm³/mol. The predicted octanol–water partition coefficient (Wildman–Crippen LogP) is 0.336. The second kappa shape index (κ2) is 5.73. The summed E-state index contributed by atoms with van der Waals surface area (Å²) in [5.74, 6) is -0.550. The lowest BCUT2D eigenvalue weighted by Crippen LogP contribution is -2.10. The van der Waals surface area contributed by atoms with Crippen LogP contribution in [0.1, 0.15) is 0 Å². The lowest BCUT2D eigenvalue weighted by Gasteiger charge is -2.05. The molecular weight excluding hydrogens is 148 g/mol. The molecule has 0 unspecified atom stereocenters. The first kappa shape index (κ1) is 9.97. The molecule has 0 spiro atoms. The number of carbonyl (C=O) groups is 1. The molecule has 4 nitrogen and oxygen atoms in total. The highest BCUT2D eigenvalue weighted by atomic mass is 16.6. The van der Waals surface area contributed by atoms with Crippen molar-refractivity contribution < 1.29 is 19.0 Å². The Labute approximate surface area is 65.7 Å². The van der Waals surface area contributed by atoms with Gasteiger partial charge in [-0.1, -0.05) is 0 Å². The molecule has 11 heavy (non-hydrogen) atoms. The molecule has 0 bridgehead atoms. The number of esters is 1. The first-order valence-corrected chi connectivity index (χ1v) is 3.11. The van der Waals surface area contributed by atoms with E-state index in [0.717, 1.165) is 0 Å². The van der Waals surface area contributed by atoms with Gasteiger partial charge in [0.2, 0.25) is 0 Å². The van der Waals surface area contributed by atoms with Crippen LogP contribution in [0.4, 0.5) is 0 Å². The summed E-state index contributed by atoms with van der Waals surface area (Å²) in [4.78, 5) is 10.6. The minimum atomic E-state index is -0.555. The zero-order valence-corrected chi connectivity index (χ0v) is 6.75. The third-order valence-corrected chi connectivity index (χ3v) is 0.977. The highest BCUT2D eigenvalue weighted by Gasteiger charge is 2.06. The molecule has 0 aliphatic heterocycles. The van der Waals surface area contributed by atoms with Gasteiger partial charge in [0.1, 0.15) is 6.61 Å². The lowest BCUT2D eigenvalue weighted by molar-refractivity contribution is -0.140. The molecule has 0 aliphatic carbocycles. The molecule has 0 fully saturated rings. The van der Waals surface area contributed by atoms with Crippen molar-refractivity contribution in [3.63, 3.8) is 0 Å². The van der Waals surface area contributed by atoms with Crippen molar-refractivity contribution in [2.75, 3.05) is 27.4 Å². The van der Waals surface area contributed by atoms with Gasteiger partial charge in [0.25, 0.3) is 0 Å². The summed E-state index contributed by atoms with van der Waals surface area (Å²) in [5, 5.41) is 0. The van der Waals surface area contributed by atoms with Crippen molar-refractivity contribution >= 4 is 5.97 Å². The second-order valence-electron chi connectivity index (χ2n) is 1.76. The van der Waals surface area contributed by atoms with Gasteiger partial charge in [-0.3, -0.25) is 0 Å². The number of methoxy groups -OCH3 is 2. The molecule has 0 radical (unpaired) electrons. The number of rotatable bonds is 5. The molecule has 0 N–H and O–H groups in total. The monoisotopic (exact) mass is 160 g/mol. The fourth-order valence-corrected chi connectivity index (χ4v) is 0.421. The van der Waals surface area contributed by atoms with Gasteiger partial charge in [0, 0.05) is 7.11 Å². The van der Waals surface area contributed by atoms with Crippen LogP contribution in [0.5, 0.6) is 0 Å². The topological polar surface area (TPSA) is 44.8 Å². The van der Waals surface area contributed by atoms with E-state index in [1.165, 1.54) is 7.11 Å². The maximum atomic E-state index is 10.6. The molecule has 0 aromatic carbocycles. The normalized spacial score (nSPS) is 8.91.